The summed E-state index contributed by atoms with van der Waals surface area (Å²) >= 11 is 0. The third kappa shape index (κ3) is 7.50. The molecule has 1 heterocycles. The quantitative estimate of drug-likeness (QED) is 0.194. The molecule has 31 heavy (non-hydrogen) atoms. The molecule has 176 valence electrons. The van der Waals surface area contributed by atoms with Crippen molar-refractivity contribution in [1.82, 2.24) is 0 Å². The molecule has 1 nitrogen and oxygen atoms in total. The third-order valence-corrected chi connectivity index (χ3v) is 11.2. The van der Waals surface area contributed by atoms with Crippen LogP contribution in [0.3, 0.4) is 0 Å². The molecule has 0 unspecified atom stereocenters. The maximum atomic E-state index is 14.0. The number of alkyl halides is 2. The second kappa shape index (κ2) is 12.3. The fraction of sp³-hybridized carbons (Fsp3) is 0.760. The molecule has 0 radical (unpaired) electrons. The summed E-state index contributed by atoms with van der Waals surface area (Å²) in [5.74, 6) is -1.32. The Morgan fingerprint density at radius 2 is 1.48 bits per heavy atom. The van der Waals surface area contributed by atoms with E-state index in [2.05, 4.69) is 11.7 Å². The molecule has 0 aromatic heterocycles. The minimum atomic E-state index is -3.23. The van der Waals surface area contributed by atoms with Gasteiger partial charge in [-0.15, -0.1) is 0 Å². The van der Waals surface area contributed by atoms with Crippen LogP contribution in [0.5, 0.6) is 5.75 Å². The van der Waals surface area contributed by atoms with Gasteiger partial charge in [-0.25, -0.2) is 8.78 Å². The highest BCUT2D eigenvalue weighted by Gasteiger charge is 2.27. The van der Waals surface area contributed by atoms with Crippen LogP contribution < -0.4 is 4.74 Å². The zero-order valence-electron chi connectivity index (χ0n) is 18.9. The van der Waals surface area contributed by atoms with Crippen LogP contribution in [0.15, 0.2) is 12.1 Å². The summed E-state index contributed by atoms with van der Waals surface area (Å²) in [5.41, 5.74) is 0.571. The van der Waals surface area contributed by atoms with Gasteiger partial charge in [0.2, 0.25) is 0 Å². The predicted molar refractivity (Wildman–Crippen MR) is 121 cm³/mol. The van der Waals surface area contributed by atoms with Crippen LogP contribution in [0.4, 0.5) is 17.6 Å². The molecule has 6 heteroatoms. The first kappa shape index (κ1) is 24.6. The van der Waals surface area contributed by atoms with Crippen LogP contribution in [0.1, 0.15) is 89.0 Å². The molecule has 1 aliphatic carbocycles. The van der Waals surface area contributed by atoms with Crippen molar-refractivity contribution in [1.29, 1.82) is 0 Å². The van der Waals surface area contributed by atoms with E-state index in [1.165, 1.54) is 57.1 Å². The molecular weight excluding hydrogens is 420 g/mol. The van der Waals surface area contributed by atoms with Gasteiger partial charge in [-0.1, -0.05) is 70.0 Å². The minimum absolute atomic E-state index is 0.102. The van der Waals surface area contributed by atoms with E-state index in [0.29, 0.717) is 11.5 Å². The third-order valence-electron chi connectivity index (χ3n) is 7.71. The lowest BCUT2D eigenvalue weighted by atomic mass is 9.76. The van der Waals surface area contributed by atoms with Gasteiger partial charge in [0.05, 0.1) is 0 Å². The molecule has 0 spiro atoms. The Morgan fingerprint density at radius 1 is 0.903 bits per heavy atom. The van der Waals surface area contributed by atoms with Crippen LogP contribution in [0.2, 0.25) is 18.1 Å². The second-order valence-corrected chi connectivity index (χ2v) is 13.3. The smallest absolute Gasteiger partial charge is 0.387 e. The lowest BCUT2D eigenvalue weighted by Crippen LogP contribution is -2.22. The summed E-state index contributed by atoms with van der Waals surface area (Å²) in [6.45, 7) is -0.951. The average molecular weight is 459 g/mol. The summed E-state index contributed by atoms with van der Waals surface area (Å²) in [5, 5.41) is 0. The summed E-state index contributed by atoms with van der Waals surface area (Å²) in [4.78, 5) is 0. The van der Waals surface area contributed by atoms with E-state index in [-0.39, 0.29) is 5.92 Å². The molecule has 3 rings (SSSR count). The van der Waals surface area contributed by atoms with Gasteiger partial charge >= 0.3 is 6.61 Å². The van der Waals surface area contributed by atoms with Gasteiger partial charge in [0.25, 0.3) is 0 Å². The summed E-state index contributed by atoms with van der Waals surface area (Å²) < 4.78 is 56.7. The Balaban J connectivity index is 1.39. The number of halogens is 4. The maximum Gasteiger partial charge on any atom is 0.387 e. The van der Waals surface area contributed by atoms with Crippen molar-refractivity contribution in [3.05, 3.63) is 29.3 Å². The van der Waals surface area contributed by atoms with Crippen LogP contribution in [-0.4, -0.2) is 15.4 Å². The molecule has 1 aromatic carbocycles. The van der Waals surface area contributed by atoms with Crippen LogP contribution in [0, 0.1) is 23.5 Å². The molecule has 0 atom stereocenters. The lowest BCUT2D eigenvalue weighted by molar-refractivity contribution is -0.0546. The largest absolute Gasteiger partial charge is 0.429 e. The number of benzene rings is 1. The fourth-order valence-electron chi connectivity index (χ4n) is 5.76. The van der Waals surface area contributed by atoms with Crippen LogP contribution >= 0.6 is 0 Å². The van der Waals surface area contributed by atoms with Gasteiger partial charge < -0.3 is 4.74 Å². The van der Waals surface area contributed by atoms with Crippen LogP contribution in [0.25, 0.3) is 0 Å². The van der Waals surface area contributed by atoms with Gasteiger partial charge in [-0.05, 0) is 61.1 Å². The zero-order chi connectivity index (χ0) is 22.2. The fourth-order valence-corrected chi connectivity index (χ4v) is 9.38. The molecule has 0 amide bonds. The molecule has 0 N–H and O–H groups in total. The molecule has 1 saturated carbocycles. The second-order valence-electron chi connectivity index (χ2n) is 9.87. The first-order valence-electron chi connectivity index (χ1n) is 12.4. The van der Waals surface area contributed by atoms with Crippen molar-refractivity contribution in [3.8, 4) is 5.75 Å². The number of ether oxygens (including phenoxy) is 1. The Kier molecular flexibility index (Phi) is 9.73. The van der Waals surface area contributed by atoms with Crippen molar-refractivity contribution in [2.24, 2.45) is 11.8 Å². The van der Waals surface area contributed by atoms with Crippen LogP contribution in [-0.2, 0) is 0 Å². The Hall–Kier alpha value is -1.04. The van der Waals surface area contributed by atoms with E-state index < -0.39 is 32.8 Å². The Bertz CT molecular complexity index is 644. The average Bonchev–Trinajstić information content (AvgIpc) is 2.76. The Labute approximate surface area is 186 Å². The molecule has 1 aliphatic heterocycles. The Morgan fingerprint density at radius 3 is 2.03 bits per heavy atom. The monoisotopic (exact) mass is 458 g/mol. The van der Waals surface area contributed by atoms with Crippen molar-refractivity contribution in [3.63, 3.8) is 0 Å². The highest BCUT2D eigenvalue weighted by molar-refractivity contribution is 6.58. The van der Waals surface area contributed by atoms with E-state index in [1.54, 1.807) is 18.1 Å². The predicted octanol–water partition coefficient (Wildman–Crippen LogP) is 8.45. The summed E-state index contributed by atoms with van der Waals surface area (Å²) in [6.07, 6.45) is 13.7. The van der Waals surface area contributed by atoms with Gasteiger partial charge in [0.15, 0.2) is 17.4 Å². The number of hydrogen-bond donors (Lipinski definition) is 0. The highest BCUT2D eigenvalue weighted by Crippen LogP contribution is 2.41. The van der Waals surface area contributed by atoms with Gasteiger partial charge in [-0.2, -0.15) is 8.78 Å². The molecular formula is C25H38F4OSi. The molecule has 2 fully saturated rings. The molecule has 2 aliphatic rings. The van der Waals surface area contributed by atoms with E-state index in [4.69, 9.17) is 0 Å². The normalized spacial score (nSPS) is 26.9. The minimum Gasteiger partial charge on any atom is -0.429 e. The zero-order valence-corrected chi connectivity index (χ0v) is 20.0. The molecule has 0 bridgehead atoms. The van der Waals surface area contributed by atoms with Gasteiger partial charge in [-0.3, -0.25) is 0 Å². The number of rotatable bonds is 10. The molecule has 1 aromatic rings. The van der Waals surface area contributed by atoms with Gasteiger partial charge in [0, 0.05) is 8.80 Å². The first-order valence-corrected chi connectivity index (χ1v) is 14.8. The SMILES string of the molecule is CCCCC[Si@H]1CC[C@H](CC[C@H]2CC[C@H](c3cc(F)c(OC(F)F)c(F)c3)CC2)CC1. The van der Waals surface area contributed by atoms with Crippen molar-refractivity contribution in [2.45, 2.75) is 108 Å². The number of hydrogen-bond acceptors (Lipinski definition) is 1. The van der Waals surface area contributed by atoms with E-state index >= 15 is 0 Å². The number of unbranched alkanes of at least 4 members (excludes halogenated alkanes) is 2. The summed E-state index contributed by atoms with van der Waals surface area (Å²) in [7, 11) is -0.431. The first-order chi connectivity index (χ1) is 15.0. The standard InChI is InChI=1S/C25H38F4OSi/c1-2-3-4-13-31-14-11-19(12-15-31)6-5-18-7-9-20(10-8-18)21-16-22(26)24(23(27)17-21)30-25(28)29/h16-20,25,31H,2-15H2,1H3/t18-,19-,20-,31-. The van der Waals surface area contributed by atoms with E-state index in [9.17, 15) is 17.6 Å². The van der Waals surface area contributed by atoms with Crippen molar-refractivity contribution >= 4 is 8.80 Å². The maximum absolute atomic E-state index is 14.0. The van der Waals surface area contributed by atoms with Gasteiger partial charge in [0.1, 0.15) is 0 Å². The lowest BCUT2D eigenvalue weighted by Gasteiger charge is -2.32. The van der Waals surface area contributed by atoms with Crippen molar-refractivity contribution < 1.29 is 22.3 Å². The molecule has 1 saturated heterocycles. The topological polar surface area (TPSA) is 9.23 Å². The summed E-state index contributed by atoms with van der Waals surface area (Å²) in [6, 6.07) is 7.00. The van der Waals surface area contributed by atoms with E-state index in [0.717, 1.165) is 31.6 Å². The van der Waals surface area contributed by atoms with Crippen molar-refractivity contribution in [2.75, 3.05) is 0 Å². The van der Waals surface area contributed by atoms with E-state index in [1.807, 2.05) is 0 Å². The highest BCUT2D eigenvalue weighted by atomic mass is 28.3.